The molecule has 0 fully saturated rings. The second-order valence-electron chi connectivity index (χ2n) is 6.44. The molecule has 0 bridgehead atoms. The van der Waals surface area contributed by atoms with Crippen LogP contribution in [0.4, 0.5) is 0 Å². The van der Waals surface area contributed by atoms with Crippen molar-refractivity contribution in [1.29, 1.82) is 0 Å². The third-order valence-electron chi connectivity index (χ3n) is 4.68. The lowest BCUT2D eigenvalue weighted by Gasteiger charge is -2.15. The molecule has 2 aromatic carbocycles. The third-order valence-corrected chi connectivity index (χ3v) is 4.68. The summed E-state index contributed by atoms with van der Waals surface area (Å²) in [5.41, 5.74) is 5.68. The fraction of sp³-hybridized carbons (Fsp3) is 0.304. The average molecular weight is 368 g/mol. The average Bonchev–Trinajstić information content (AvgIpc) is 2.72. The van der Waals surface area contributed by atoms with Crippen LogP contribution in [0, 0.1) is 0 Å². The van der Waals surface area contributed by atoms with E-state index in [1.165, 1.54) is 0 Å². The lowest BCUT2D eigenvalue weighted by Crippen LogP contribution is -1.99. The van der Waals surface area contributed by atoms with Gasteiger partial charge >= 0.3 is 0 Å². The minimum absolute atomic E-state index is 0.117. The first-order chi connectivity index (χ1) is 13.2. The second kappa shape index (κ2) is 10.8. The van der Waals surface area contributed by atoms with Crippen molar-refractivity contribution in [1.82, 2.24) is 0 Å². The standard InChI is InChI=1S/C23H28O4/c1-2-3-4-5-6-23(17-7-9-19(13-24)21(11-17)15-26)18-8-10-20(14-25)22(12-18)16-27/h2,6-12,24-27H,1,3-5,13-16H2. The van der Waals surface area contributed by atoms with Crippen molar-refractivity contribution in [3.63, 3.8) is 0 Å². The molecular formula is C23H28O4. The number of aliphatic hydroxyl groups excluding tert-OH is 4. The van der Waals surface area contributed by atoms with Crippen LogP contribution in [-0.4, -0.2) is 20.4 Å². The summed E-state index contributed by atoms with van der Waals surface area (Å²) in [4.78, 5) is 0. The Morgan fingerprint density at radius 1 is 0.704 bits per heavy atom. The van der Waals surface area contributed by atoms with Gasteiger partial charge in [0.15, 0.2) is 0 Å². The lowest BCUT2D eigenvalue weighted by molar-refractivity contribution is 0.260. The van der Waals surface area contributed by atoms with Crippen molar-refractivity contribution >= 4 is 5.57 Å². The van der Waals surface area contributed by atoms with Crippen molar-refractivity contribution in [2.45, 2.75) is 45.7 Å². The van der Waals surface area contributed by atoms with Gasteiger partial charge in [0.25, 0.3) is 0 Å². The maximum absolute atomic E-state index is 9.62. The Kier molecular flexibility index (Phi) is 8.43. The summed E-state index contributed by atoms with van der Waals surface area (Å²) in [5, 5.41) is 38.1. The molecule has 0 radical (unpaired) electrons. The van der Waals surface area contributed by atoms with Gasteiger partial charge in [-0.3, -0.25) is 0 Å². The first-order valence-corrected chi connectivity index (χ1v) is 9.17. The molecule has 0 aliphatic carbocycles. The molecule has 144 valence electrons. The molecule has 4 N–H and O–H groups in total. The number of hydrogen-bond donors (Lipinski definition) is 4. The van der Waals surface area contributed by atoms with Gasteiger partial charge in [0, 0.05) is 0 Å². The molecule has 0 saturated carbocycles. The van der Waals surface area contributed by atoms with E-state index < -0.39 is 0 Å². The summed E-state index contributed by atoms with van der Waals surface area (Å²) in [7, 11) is 0. The molecule has 0 atom stereocenters. The Hall–Kier alpha value is -2.24. The van der Waals surface area contributed by atoms with Gasteiger partial charge in [-0.2, -0.15) is 0 Å². The Labute approximate surface area is 160 Å². The molecule has 4 heteroatoms. The van der Waals surface area contributed by atoms with E-state index in [1.807, 2.05) is 42.5 Å². The van der Waals surface area contributed by atoms with Crippen LogP contribution in [0.2, 0.25) is 0 Å². The summed E-state index contributed by atoms with van der Waals surface area (Å²) in [6.07, 6.45) is 6.82. The Morgan fingerprint density at radius 3 is 1.59 bits per heavy atom. The topological polar surface area (TPSA) is 80.9 Å². The molecule has 2 rings (SSSR count). The molecule has 27 heavy (non-hydrogen) atoms. The number of rotatable bonds is 10. The highest BCUT2D eigenvalue weighted by Crippen LogP contribution is 2.28. The van der Waals surface area contributed by atoms with Crippen LogP contribution in [0.1, 0.15) is 52.6 Å². The van der Waals surface area contributed by atoms with E-state index in [9.17, 15) is 20.4 Å². The quantitative estimate of drug-likeness (QED) is 0.382. The number of hydrogen-bond acceptors (Lipinski definition) is 4. The Bertz CT molecular complexity index is 735. The molecule has 0 heterocycles. The van der Waals surface area contributed by atoms with Crippen LogP contribution in [0.25, 0.3) is 5.57 Å². The summed E-state index contributed by atoms with van der Waals surface area (Å²) in [6.45, 7) is 3.24. The number of aliphatic hydroxyl groups is 4. The molecule has 0 aliphatic rings. The molecule has 0 unspecified atom stereocenters. The van der Waals surface area contributed by atoms with Gasteiger partial charge in [-0.05, 0) is 70.3 Å². The van der Waals surface area contributed by atoms with E-state index in [0.29, 0.717) is 22.3 Å². The van der Waals surface area contributed by atoms with E-state index in [2.05, 4.69) is 12.7 Å². The highest BCUT2D eigenvalue weighted by Gasteiger charge is 2.11. The van der Waals surface area contributed by atoms with E-state index in [-0.39, 0.29) is 26.4 Å². The minimum Gasteiger partial charge on any atom is -0.392 e. The van der Waals surface area contributed by atoms with Crippen molar-refractivity contribution in [3.05, 3.63) is 88.5 Å². The molecule has 0 aromatic heterocycles. The highest BCUT2D eigenvalue weighted by atomic mass is 16.3. The highest BCUT2D eigenvalue weighted by molar-refractivity contribution is 5.80. The van der Waals surface area contributed by atoms with Crippen LogP contribution >= 0.6 is 0 Å². The van der Waals surface area contributed by atoms with Gasteiger partial charge in [0.2, 0.25) is 0 Å². The summed E-state index contributed by atoms with van der Waals surface area (Å²) in [6, 6.07) is 11.3. The SMILES string of the molecule is C=CCCCC=C(c1ccc(CO)c(CO)c1)c1ccc(CO)c(CO)c1. The second-order valence-corrected chi connectivity index (χ2v) is 6.44. The van der Waals surface area contributed by atoms with Gasteiger partial charge in [-0.25, -0.2) is 0 Å². The molecule has 0 spiro atoms. The van der Waals surface area contributed by atoms with E-state index in [4.69, 9.17) is 0 Å². The zero-order valence-corrected chi connectivity index (χ0v) is 15.6. The van der Waals surface area contributed by atoms with E-state index in [0.717, 1.165) is 36.0 Å². The van der Waals surface area contributed by atoms with Gasteiger partial charge in [-0.1, -0.05) is 36.4 Å². The lowest BCUT2D eigenvalue weighted by atomic mass is 9.91. The molecule has 0 amide bonds. The van der Waals surface area contributed by atoms with Gasteiger partial charge in [0.1, 0.15) is 0 Å². The van der Waals surface area contributed by atoms with Crippen molar-refractivity contribution < 1.29 is 20.4 Å². The van der Waals surface area contributed by atoms with E-state index >= 15 is 0 Å². The molecule has 4 nitrogen and oxygen atoms in total. The molecule has 2 aromatic rings. The van der Waals surface area contributed by atoms with Crippen molar-refractivity contribution in [2.75, 3.05) is 0 Å². The summed E-state index contributed by atoms with van der Waals surface area (Å²) < 4.78 is 0. The van der Waals surface area contributed by atoms with Crippen LogP contribution < -0.4 is 0 Å². The number of unbranched alkanes of at least 4 members (excludes halogenated alkanes) is 2. The monoisotopic (exact) mass is 368 g/mol. The number of benzene rings is 2. The summed E-state index contributed by atoms with van der Waals surface area (Å²) in [5.74, 6) is 0. The normalized spacial score (nSPS) is 10.7. The maximum atomic E-state index is 9.62. The van der Waals surface area contributed by atoms with Crippen molar-refractivity contribution in [2.24, 2.45) is 0 Å². The van der Waals surface area contributed by atoms with Gasteiger partial charge < -0.3 is 20.4 Å². The Morgan fingerprint density at radius 2 is 1.19 bits per heavy atom. The zero-order chi connectivity index (χ0) is 19.6. The maximum Gasteiger partial charge on any atom is 0.0685 e. The molecular weight excluding hydrogens is 340 g/mol. The molecule has 0 saturated heterocycles. The predicted molar refractivity (Wildman–Crippen MR) is 108 cm³/mol. The predicted octanol–water partition coefficient (Wildman–Crippen LogP) is 3.44. The minimum atomic E-state index is -0.140. The molecule has 0 aliphatic heterocycles. The summed E-state index contributed by atoms with van der Waals surface area (Å²) >= 11 is 0. The smallest absolute Gasteiger partial charge is 0.0685 e. The first kappa shape index (κ1) is 21.1. The number of allylic oxidation sites excluding steroid dienone is 2. The largest absolute Gasteiger partial charge is 0.392 e. The van der Waals surface area contributed by atoms with Crippen LogP contribution in [0.5, 0.6) is 0 Å². The van der Waals surface area contributed by atoms with Crippen LogP contribution in [0.15, 0.2) is 55.1 Å². The van der Waals surface area contributed by atoms with Crippen LogP contribution in [0.3, 0.4) is 0 Å². The fourth-order valence-corrected chi connectivity index (χ4v) is 3.10. The fourth-order valence-electron chi connectivity index (χ4n) is 3.10. The van der Waals surface area contributed by atoms with Crippen LogP contribution in [-0.2, 0) is 26.4 Å². The third kappa shape index (κ3) is 5.37. The van der Waals surface area contributed by atoms with Crippen molar-refractivity contribution in [3.8, 4) is 0 Å². The van der Waals surface area contributed by atoms with Gasteiger partial charge in [-0.15, -0.1) is 6.58 Å². The Balaban J connectivity index is 2.50. The first-order valence-electron chi connectivity index (χ1n) is 9.17. The van der Waals surface area contributed by atoms with Gasteiger partial charge in [0.05, 0.1) is 26.4 Å². The zero-order valence-electron chi connectivity index (χ0n) is 15.6. The van der Waals surface area contributed by atoms with E-state index in [1.54, 1.807) is 0 Å².